The molecule has 1 N–H and O–H groups in total. The summed E-state index contributed by atoms with van der Waals surface area (Å²) in [6.45, 7) is 0.962. The van der Waals surface area contributed by atoms with Crippen molar-refractivity contribution in [2.45, 2.75) is 13.1 Å². The topological polar surface area (TPSA) is 46.9 Å². The van der Waals surface area contributed by atoms with E-state index in [1.165, 1.54) is 12.1 Å². The molecule has 0 aliphatic heterocycles. The number of hydrogen-bond acceptors (Lipinski definition) is 2. The molecule has 1 aromatic heterocycles. The van der Waals surface area contributed by atoms with Gasteiger partial charge in [-0.15, -0.1) is 0 Å². The Labute approximate surface area is 133 Å². The van der Waals surface area contributed by atoms with Crippen LogP contribution < -0.4 is 5.32 Å². The lowest BCUT2D eigenvalue weighted by molar-refractivity contribution is 0.0951. The van der Waals surface area contributed by atoms with Crippen LogP contribution in [-0.2, 0) is 13.1 Å². The minimum absolute atomic E-state index is 0.181. The molecule has 4 nitrogen and oxygen atoms in total. The molecule has 0 atom stereocenters. The zero-order valence-corrected chi connectivity index (χ0v) is 12.4. The van der Waals surface area contributed by atoms with Crippen LogP contribution in [0.4, 0.5) is 4.39 Å². The van der Waals surface area contributed by atoms with Crippen molar-refractivity contribution in [3.05, 3.63) is 89.5 Å². The number of hydrogen-bond donors (Lipinski definition) is 1. The van der Waals surface area contributed by atoms with Crippen LogP contribution in [0.2, 0.25) is 0 Å². The van der Waals surface area contributed by atoms with Crippen LogP contribution in [-0.4, -0.2) is 15.7 Å². The van der Waals surface area contributed by atoms with Gasteiger partial charge in [0.2, 0.25) is 0 Å². The third kappa shape index (κ3) is 4.03. The molecule has 0 saturated heterocycles. The maximum atomic E-state index is 13.1. The standard InChI is InChI=1S/C18H16FN3O/c19-17-4-1-3-15(11-17)12-20-18(23)16-7-5-14(6-8-16)13-22-10-2-9-21-22/h1-11H,12-13H2,(H,20,23). The van der Waals surface area contributed by atoms with Gasteiger partial charge < -0.3 is 5.32 Å². The molecule has 0 aliphatic carbocycles. The first-order chi connectivity index (χ1) is 11.2. The third-order valence-corrected chi connectivity index (χ3v) is 3.46. The van der Waals surface area contributed by atoms with E-state index in [1.807, 2.05) is 29.1 Å². The van der Waals surface area contributed by atoms with Gasteiger partial charge in [-0.1, -0.05) is 24.3 Å². The number of nitrogens with one attached hydrogen (secondary N) is 1. The third-order valence-electron chi connectivity index (χ3n) is 3.46. The summed E-state index contributed by atoms with van der Waals surface area (Å²) >= 11 is 0. The predicted octanol–water partition coefficient (Wildman–Crippen LogP) is 3.00. The number of rotatable bonds is 5. The Morgan fingerprint density at radius 3 is 2.61 bits per heavy atom. The second-order valence-corrected chi connectivity index (χ2v) is 5.21. The number of carbonyl (C=O) groups excluding carboxylic acids is 1. The average Bonchev–Trinajstić information content (AvgIpc) is 3.06. The second-order valence-electron chi connectivity index (χ2n) is 5.21. The summed E-state index contributed by atoms with van der Waals surface area (Å²) in [7, 11) is 0. The largest absolute Gasteiger partial charge is 0.348 e. The van der Waals surface area contributed by atoms with E-state index in [-0.39, 0.29) is 11.7 Å². The highest BCUT2D eigenvalue weighted by molar-refractivity contribution is 5.94. The number of aromatic nitrogens is 2. The minimum Gasteiger partial charge on any atom is -0.348 e. The van der Waals surface area contributed by atoms with Crippen LogP contribution >= 0.6 is 0 Å². The molecule has 0 saturated carbocycles. The lowest BCUT2D eigenvalue weighted by Gasteiger charge is -2.07. The van der Waals surface area contributed by atoms with Gasteiger partial charge in [0, 0.05) is 24.5 Å². The summed E-state index contributed by atoms with van der Waals surface area (Å²) in [4.78, 5) is 12.1. The van der Waals surface area contributed by atoms with Crippen LogP contribution in [0.3, 0.4) is 0 Å². The van der Waals surface area contributed by atoms with Crippen LogP contribution in [0, 0.1) is 5.82 Å². The van der Waals surface area contributed by atoms with Gasteiger partial charge in [-0.25, -0.2) is 4.39 Å². The van der Waals surface area contributed by atoms with E-state index < -0.39 is 0 Å². The lowest BCUT2D eigenvalue weighted by atomic mass is 10.1. The number of benzene rings is 2. The van der Waals surface area contributed by atoms with Gasteiger partial charge >= 0.3 is 0 Å². The highest BCUT2D eigenvalue weighted by Crippen LogP contribution is 2.07. The highest BCUT2D eigenvalue weighted by atomic mass is 19.1. The Hall–Kier alpha value is -2.95. The molecule has 116 valence electrons. The van der Waals surface area contributed by atoms with E-state index in [0.29, 0.717) is 18.7 Å². The molecule has 0 unspecified atom stereocenters. The van der Waals surface area contributed by atoms with Crippen molar-refractivity contribution < 1.29 is 9.18 Å². The first-order valence-electron chi connectivity index (χ1n) is 7.30. The van der Waals surface area contributed by atoms with Crippen LogP contribution in [0.1, 0.15) is 21.5 Å². The molecule has 2 aromatic carbocycles. The quantitative estimate of drug-likeness (QED) is 0.787. The molecule has 0 bridgehead atoms. The SMILES string of the molecule is O=C(NCc1cccc(F)c1)c1ccc(Cn2cccn2)cc1. The van der Waals surface area contributed by atoms with E-state index in [9.17, 15) is 9.18 Å². The average molecular weight is 309 g/mol. The maximum absolute atomic E-state index is 13.1. The number of carbonyl (C=O) groups is 1. The van der Waals surface area contributed by atoms with E-state index in [0.717, 1.165) is 11.1 Å². The fraction of sp³-hybridized carbons (Fsp3) is 0.111. The molecule has 3 aromatic rings. The van der Waals surface area contributed by atoms with Gasteiger partial charge in [-0.3, -0.25) is 9.48 Å². The summed E-state index contributed by atoms with van der Waals surface area (Å²) in [5, 5.41) is 6.93. The van der Waals surface area contributed by atoms with Gasteiger partial charge in [0.25, 0.3) is 5.91 Å². The minimum atomic E-state index is -0.306. The van der Waals surface area contributed by atoms with Crippen LogP contribution in [0.15, 0.2) is 67.0 Å². The van der Waals surface area contributed by atoms with Crippen molar-refractivity contribution >= 4 is 5.91 Å². The Morgan fingerprint density at radius 2 is 1.91 bits per heavy atom. The van der Waals surface area contributed by atoms with Gasteiger partial charge in [-0.05, 0) is 41.5 Å². The molecule has 0 spiro atoms. The van der Waals surface area contributed by atoms with Crippen molar-refractivity contribution in [1.82, 2.24) is 15.1 Å². The van der Waals surface area contributed by atoms with Gasteiger partial charge in [0.05, 0.1) is 6.54 Å². The molecule has 5 heteroatoms. The van der Waals surface area contributed by atoms with Crippen LogP contribution in [0.25, 0.3) is 0 Å². The normalized spacial score (nSPS) is 10.5. The smallest absolute Gasteiger partial charge is 0.251 e. The number of amides is 1. The summed E-state index contributed by atoms with van der Waals surface area (Å²) in [6.07, 6.45) is 3.62. The summed E-state index contributed by atoms with van der Waals surface area (Å²) < 4.78 is 14.9. The molecule has 1 amide bonds. The molecule has 0 fully saturated rings. The zero-order chi connectivity index (χ0) is 16.1. The summed E-state index contributed by atoms with van der Waals surface area (Å²) in [5.74, 6) is -0.486. The first kappa shape index (κ1) is 15.0. The fourth-order valence-electron chi connectivity index (χ4n) is 2.27. The Morgan fingerprint density at radius 1 is 1.09 bits per heavy atom. The van der Waals surface area contributed by atoms with E-state index in [1.54, 1.807) is 30.5 Å². The van der Waals surface area contributed by atoms with Gasteiger partial charge in [-0.2, -0.15) is 5.10 Å². The molecule has 1 heterocycles. The highest BCUT2D eigenvalue weighted by Gasteiger charge is 2.06. The van der Waals surface area contributed by atoms with Crippen LogP contribution in [0.5, 0.6) is 0 Å². The van der Waals surface area contributed by atoms with Crippen molar-refractivity contribution in [1.29, 1.82) is 0 Å². The summed E-state index contributed by atoms with van der Waals surface area (Å²) in [5.41, 5.74) is 2.37. The van der Waals surface area contributed by atoms with Crippen molar-refractivity contribution in [2.24, 2.45) is 0 Å². The van der Waals surface area contributed by atoms with Gasteiger partial charge in [0.15, 0.2) is 0 Å². The Balaban J connectivity index is 1.59. The molecular formula is C18H16FN3O. The zero-order valence-electron chi connectivity index (χ0n) is 12.4. The molecule has 0 radical (unpaired) electrons. The van der Waals surface area contributed by atoms with Crippen molar-refractivity contribution in [3.63, 3.8) is 0 Å². The number of nitrogens with zero attached hydrogens (tertiary/aromatic N) is 2. The summed E-state index contributed by atoms with van der Waals surface area (Å²) in [6, 6.07) is 15.4. The maximum Gasteiger partial charge on any atom is 0.251 e. The Bertz CT molecular complexity index is 782. The Kier molecular flexibility index (Phi) is 4.47. The predicted molar refractivity (Wildman–Crippen MR) is 85.3 cm³/mol. The lowest BCUT2D eigenvalue weighted by Crippen LogP contribution is -2.22. The van der Waals surface area contributed by atoms with Crippen molar-refractivity contribution in [2.75, 3.05) is 0 Å². The van der Waals surface area contributed by atoms with E-state index in [4.69, 9.17) is 0 Å². The molecule has 23 heavy (non-hydrogen) atoms. The second kappa shape index (κ2) is 6.87. The fourth-order valence-corrected chi connectivity index (χ4v) is 2.27. The van der Waals surface area contributed by atoms with E-state index >= 15 is 0 Å². The molecule has 3 rings (SSSR count). The monoisotopic (exact) mass is 309 g/mol. The van der Waals surface area contributed by atoms with E-state index in [2.05, 4.69) is 10.4 Å². The van der Waals surface area contributed by atoms with Gasteiger partial charge in [0.1, 0.15) is 5.82 Å². The molecule has 0 aliphatic rings. The van der Waals surface area contributed by atoms with Crippen molar-refractivity contribution in [3.8, 4) is 0 Å². The first-order valence-corrected chi connectivity index (χ1v) is 7.30. The number of halogens is 1. The molecular weight excluding hydrogens is 293 g/mol.